The predicted octanol–water partition coefficient (Wildman–Crippen LogP) is 5.20. The van der Waals surface area contributed by atoms with Crippen LogP contribution in [0.2, 0.25) is 0 Å². The zero-order valence-corrected chi connectivity index (χ0v) is 19.2. The van der Waals surface area contributed by atoms with Crippen molar-refractivity contribution >= 4 is 28.4 Å². The van der Waals surface area contributed by atoms with Crippen LogP contribution in [0.4, 0.5) is 0 Å². The minimum absolute atomic E-state index is 0.150. The Balaban J connectivity index is 1.30. The summed E-state index contributed by atoms with van der Waals surface area (Å²) in [7, 11) is 0. The van der Waals surface area contributed by atoms with Crippen LogP contribution in [0.1, 0.15) is 40.3 Å². The third-order valence-electron chi connectivity index (χ3n) is 5.87. The van der Waals surface area contributed by atoms with E-state index in [0.717, 1.165) is 22.8 Å². The largest absolute Gasteiger partial charge is 0.484 e. The summed E-state index contributed by atoms with van der Waals surface area (Å²) in [4.78, 5) is 25.2. The molecule has 0 radical (unpaired) electrons. The Morgan fingerprint density at radius 3 is 2.54 bits per heavy atom. The molecule has 0 atom stereocenters. The van der Waals surface area contributed by atoms with Gasteiger partial charge in [-0.15, -0.1) is 0 Å². The number of hydrogen-bond acceptors (Lipinski definition) is 6. The first-order valence-electron chi connectivity index (χ1n) is 11.5. The standard InChI is InChI=1S/C28H24N2O5/c1-18-26-23(29-30-25(31)17-33-21-10-3-2-4-11-21)12-7-13-24(26)35-27(18)28(32)34-22-15-14-19-8-5-6-9-20(19)16-22/h2-6,8-11,14-16H,7,12-13,17H2,1H3,(H,30,31)/b29-23+. The second-order valence-electron chi connectivity index (χ2n) is 8.30. The van der Waals surface area contributed by atoms with E-state index < -0.39 is 5.97 Å². The lowest BCUT2D eigenvalue weighted by molar-refractivity contribution is -0.123. The van der Waals surface area contributed by atoms with Crippen molar-refractivity contribution in [2.45, 2.75) is 26.2 Å². The summed E-state index contributed by atoms with van der Waals surface area (Å²) in [5.74, 6) is 0.944. The molecule has 3 aromatic carbocycles. The van der Waals surface area contributed by atoms with Gasteiger partial charge in [0.25, 0.3) is 5.91 Å². The Morgan fingerprint density at radius 2 is 1.71 bits per heavy atom. The molecule has 0 saturated carbocycles. The molecule has 0 fully saturated rings. The van der Waals surface area contributed by atoms with E-state index in [1.165, 1.54) is 0 Å². The molecule has 35 heavy (non-hydrogen) atoms. The average molecular weight is 469 g/mol. The number of ether oxygens (including phenoxy) is 2. The molecule has 176 valence electrons. The van der Waals surface area contributed by atoms with E-state index in [4.69, 9.17) is 13.9 Å². The van der Waals surface area contributed by atoms with Gasteiger partial charge in [0.05, 0.1) is 5.71 Å². The summed E-state index contributed by atoms with van der Waals surface area (Å²) in [6.45, 7) is 1.65. The third kappa shape index (κ3) is 4.94. The van der Waals surface area contributed by atoms with Crippen molar-refractivity contribution in [1.82, 2.24) is 5.43 Å². The van der Waals surface area contributed by atoms with Gasteiger partial charge in [0.15, 0.2) is 6.61 Å². The minimum Gasteiger partial charge on any atom is -0.484 e. The maximum absolute atomic E-state index is 12.9. The number of nitrogens with one attached hydrogen (secondary N) is 1. The van der Waals surface area contributed by atoms with Gasteiger partial charge in [-0.2, -0.15) is 5.10 Å². The van der Waals surface area contributed by atoms with Gasteiger partial charge in [-0.1, -0.05) is 48.5 Å². The Kier molecular flexibility index (Phi) is 6.30. The van der Waals surface area contributed by atoms with Gasteiger partial charge in [-0.05, 0) is 54.8 Å². The first-order valence-corrected chi connectivity index (χ1v) is 11.5. The smallest absolute Gasteiger partial charge is 0.379 e. The molecule has 1 amide bonds. The topological polar surface area (TPSA) is 90.1 Å². The normalized spacial score (nSPS) is 13.9. The van der Waals surface area contributed by atoms with Gasteiger partial charge >= 0.3 is 5.97 Å². The Hall–Kier alpha value is -4.39. The number of aryl methyl sites for hydroxylation is 1. The van der Waals surface area contributed by atoms with E-state index in [1.54, 1.807) is 25.1 Å². The van der Waals surface area contributed by atoms with Crippen molar-refractivity contribution in [2.75, 3.05) is 6.61 Å². The predicted molar refractivity (Wildman–Crippen MR) is 132 cm³/mol. The van der Waals surface area contributed by atoms with Crippen molar-refractivity contribution in [3.05, 3.63) is 95.4 Å². The number of esters is 1. The fraction of sp³-hybridized carbons (Fsp3) is 0.179. The molecule has 1 heterocycles. The third-order valence-corrected chi connectivity index (χ3v) is 5.87. The van der Waals surface area contributed by atoms with Gasteiger partial charge in [-0.3, -0.25) is 4.79 Å². The molecule has 0 unspecified atom stereocenters. The minimum atomic E-state index is -0.563. The number of amides is 1. The quantitative estimate of drug-likeness (QED) is 0.239. The lowest BCUT2D eigenvalue weighted by Crippen LogP contribution is -2.27. The molecule has 0 spiro atoms. The van der Waals surface area contributed by atoms with E-state index in [9.17, 15) is 9.59 Å². The maximum Gasteiger partial charge on any atom is 0.379 e. The van der Waals surface area contributed by atoms with Crippen LogP contribution in [0.25, 0.3) is 10.8 Å². The van der Waals surface area contributed by atoms with Crippen LogP contribution in [-0.4, -0.2) is 24.2 Å². The highest BCUT2D eigenvalue weighted by Crippen LogP contribution is 2.31. The molecule has 1 aromatic heterocycles. The summed E-state index contributed by atoms with van der Waals surface area (Å²) < 4.78 is 17.0. The molecule has 0 saturated heterocycles. The Bertz CT molecular complexity index is 1420. The Morgan fingerprint density at radius 1 is 0.943 bits per heavy atom. The van der Waals surface area contributed by atoms with Crippen LogP contribution in [0.15, 0.2) is 82.3 Å². The molecular formula is C28H24N2O5. The molecule has 7 nitrogen and oxygen atoms in total. The van der Waals surface area contributed by atoms with Crippen LogP contribution in [-0.2, 0) is 11.2 Å². The van der Waals surface area contributed by atoms with E-state index in [0.29, 0.717) is 41.4 Å². The number of carbonyl (C=O) groups excluding carboxylic acids is 2. The van der Waals surface area contributed by atoms with Crippen LogP contribution < -0.4 is 14.9 Å². The number of carbonyl (C=O) groups is 2. The van der Waals surface area contributed by atoms with E-state index in [1.807, 2.05) is 54.6 Å². The van der Waals surface area contributed by atoms with E-state index >= 15 is 0 Å². The highest BCUT2D eigenvalue weighted by atomic mass is 16.5. The number of fused-ring (bicyclic) bond motifs is 2. The van der Waals surface area contributed by atoms with Gasteiger partial charge < -0.3 is 13.9 Å². The van der Waals surface area contributed by atoms with E-state index in [2.05, 4.69) is 10.5 Å². The molecule has 0 aliphatic heterocycles. The number of furan rings is 1. The first kappa shape index (κ1) is 22.4. The summed E-state index contributed by atoms with van der Waals surface area (Å²) in [6, 6.07) is 22.5. The zero-order chi connectivity index (χ0) is 24.2. The number of benzene rings is 3. The highest BCUT2D eigenvalue weighted by molar-refractivity contribution is 6.06. The Labute approximate surface area is 202 Å². The van der Waals surface area contributed by atoms with Crippen LogP contribution >= 0.6 is 0 Å². The fourth-order valence-electron chi connectivity index (χ4n) is 4.19. The van der Waals surface area contributed by atoms with Crippen LogP contribution in [0, 0.1) is 6.92 Å². The molecular weight excluding hydrogens is 444 g/mol. The monoisotopic (exact) mass is 468 g/mol. The summed E-state index contributed by atoms with van der Waals surface area (Å²) in [5.41, 5.74) is 4.63. The van der Waals surface area contributed by atoms with Crippen LogP contribution in [0.5, 0.6) is 11.5 Å². The molecule has 5 rings (SSSR count). The van der Waals surface area contributed by atoms with Crippen molar-refractivity contribution in [3.63, 3.8) is 0 Å². The first-order chi connectivity index (χ1) is 17.1. The zero-order valence-electron chi connectivity index (χ0n) is 19.2. The molecule has 1 N–H and O–H groups in total. The maximum atomic E-state index is 12.9. The number of rotatable bonds is 6. The fourth-order valence-corrected chi connectivity index (χ4v) is 4.19. The van der Waals surface area contributed by atoms with E-state index in [-0.39, 0.29) is 18.3 Å². The molecule has 4 aromatic rings. The second kappa shape index (κ2) is 9.85. The molecule has 1 aliphatic rings. The van der Waals surface area contributed by atoms with Gasteiger partial charge in [0.2, 0.25) is 5.76 Å². The summed E-state index contributed by atoms with van der Waals surface area (Å²) in [6.07, 6.45) is 2.14. The van der Waals surface area contributed by atoms with Gasteiger partial charge in [-0.25, -0.2) is 10.2 Å². The SMILES string of the molecule is Cc1c(C(=O)Oc2ccc3ccccc3c2)oc2c1/C(=N/NC(=O)COc1ccccc1)CCC2. The van der Waals surface area contributed by atoms with Gasteiger partial charge in [0.1, 0.15) is 17.3 Å². The van der Waals surface area contributed by atoms with Crippen molar-refractivity contribution in [2.24, 2.45) is 5.10 Å². The van der Waals surface area contributed by atoms with Gasteiger partial charge in [0, 0.05) is 17.5 Å². The number of hydrogen-bond donors (Lipinski definition) is 1. The highest BCUT2D eigenvalue weighted by Gasteiger charge is 2.29. The second-order valence-corrected chi connectivity index (χ2v) is 8.30. The number of para-hydroxylation sites is 1. The van der Waals surface area contributed by atoms with Crippen molar-refractivity contribution < 1.29 is 23.5 Å². The van der Waals surface area contributed by atoms with Crippen molar-refractivity contribution in [1.29, 1.82) is 0 Å². The lowest BCUT2D eigenvalue weighted by Gasteiger charge is -2.13. The van der Waals surface area contributed by atoms with Crippen molar-refractivity contribution in [3.8, 4) is 11.5 Å². The number of nitrogens with zero attached hydrogens (tertiary/aromatic N) is 1. The van der Waals surface area contributed by atoms with Crippen LogP contribution in [0.3, 0.4) is 0 Å². The molecule has 0 bridgehead atoms. The molecule has 7 heteroatoms. The molecule has 1 aliphatic carbocycles. The summed E-state index contributed by atoms with van der Waals surface area (Å²) in [5, 5.41) is 6.36. The summed E-state index contributed by atoms with van der Waals surface area (Å²) >= 11 is 0. The number of hydrazone groups is 1. The average Bonchev–Trinajstić information content (AvgIpc) is 3.24. The lowest BCUT2D eigenvalue weighted by atomic mass is 9.93.